The van der Waals surface area contributed by atoms with Crippen LogP contribution in [0.2, 0.25) is 0 Å². The van der Waals surface area contributed by atoms with E-state index in [0.717, 1.165) is 17.5 Å². The van der Waals surface area contributed by atoms with Gasteiger partial charge in [0.2, 0.25) is 0 Å². The highest BCUT2D eigenvalue weighted by molar-refractivity contribution is 5.58. The second-order valence-electron chi connectivity index (χ2n) is 7.13. The molecule has 0 spiro atoms. The van der Waals surface area contributed by atoms with Gasteiger partial charge in [0.1, 0.15) is 0 Å². The fourth-order valence-electron chi connectivity index (χ4n) is 3.94. The molecule has 1 saturated carbocycles. The third-order valence-electron chi connectivity index (χ3n) is 5.40. The van der Waals surface area contributed by atoms with E-state index in [0.29, 0.717) is 0 Å². The summed E-state index contributed by atoms with van der Waals surface area (Å²) in [6, 6.07) is 14.9. The maximum absolute atomic E-state index is 4.65. The van der Waals surface area contributed by atoms with Crippen molar-refractivity contribution in [1.29, 1.82) is 0 Å². The van der Waals surface area contributed by atoms with Crippen LogP contribution in [0.5, 0.6) is 0 Å². The molecule has 3 rings (SSSR count). The summed E-state index contributed by atoms with van der Waals surface area (Å²) in [6.45, 7) is 2.32. The summed E-state index contributed by atoms with van der Waals surface area (Å²) >= 11 is 0. The minimum atomic E-state index is 0.942. The summed E-state index contributed by atoms with van der Waals surface area (Å²) in [5.74, 6) is 1.96. The van der Waals surface area contributed by atoms with E-state index in [1.54, 1.807) is 0 Å². The van der Waals surface area contributed by atoms with Gasteiger partial charge in [0, 0.05) is 11.8 Å². The molecule has 0 aliphatic heterocycles. The lowest BCUT2D eigenvalue weighted by Gasteiger charge is -2.28. The zero-order chi connectivity index (χ0) is 15.9. The second-order valence-corrected chi connectivity index (χ2v) is 7.13. The van der Waals surface area contributed by atoms with Crippen molar-refractivity contribution in [3.05, 3.63) is 54.2 Å². The molecular weight excluding hydrogens is 278 g/mol. The Bertz CT molecular complexity index is 565. The number of aryl methyl sites for hydroxylation is 1. The number of aromatic nitrogens is 1. The van der Waals surface area contributed by atoms with Crippen LogP contribution < -0.4 is 0 Å². The van der Waals surface area contributed by atoms with Gasteiger partial charge in [-0.15, -0.1) is 0 Å². The highest BCUT2D eigenvalue weighted by Gasteiger charge is 2.20. The number of rotatable bonds is 6. The summed E-state index contributed by atoms with van der Waals surface area (Å²) in [5, 5.41) is 0. The predicted molar refractivity (Wildman–Crippen MR) is 98.4 cm³/mol. The first-order chi connectivity index (χ1) is 11.3. The molecule has 1 aromatic heterocycles. The first-order valence-electron chi connectivity index (χ1n) is 9.35. The predicted octanol–water partition coefficient (Wildman–Crippen LogP) is 6.29. The maximum Gasteiger partial charge on any atom is 0.0702 e. The van der Waals surface area contributed by atoms with Crippen molar-refractivity contribution < 1.29 is 0 Å². The molecule has 0 unspecified atom stereocenters. The van der Waals surface area contributed by atoms with Gasteiger partial charge in [-0.2, -0.15) is 0 Å². The molecule has 2 aromatic rings. The molecule has 0 bridgehead atoms. The van der Waals surface area contributed by atoms with Crippen LogP contribution in [0.3, 0.4) is 0 Å². The molecule has 0 N–H and O–H groups in total. The van der Waals surface area contributed by atoms with Gasteiger partial charge in [0.05, 0.1) is 5.69 Å². The first-order valence-corrected chi connectivity index (χ1v) is 9.35. The van der Waals surface area contributed by atoms with Crippen molar-refractivity contribution in [2.75, 3.05) is 0 Å². The highest BCUT2D eigenvalue weighted by atomic mass is 14.7. The molecule has 1 heterocycles. The minimum Gasteiger partial charge on any atom is -0.256 e. The van der Waals surface area contributed by atoms with E-state index < -0.39 is 0 Å². The van der Waals surface area contributed by atoms with Crippen molar-refractivity contribution in [3.63, 3.8) is 0 Å². The van der Waals surface area contributed by atoms with Gasteiger partial charge in [0.25, 0.3) is 0 Å². The summed E-state index contributed by atoms with van der Waals surface area (Å²) in [5.41, 5.74) is 3.67. The first kappa shape index (κ1) is 16.2. The van der Waals surface area contributed by atoms with Crippen LogP contribution in [0, 0.1) is 11.8 Å². The Balaban J connectivity index is 1.48. The maximum atomic E-state index is 4.65. The molecule has 1 aliphatic rings. The molecule has 0 saturated heterocycles. The fraction of sp³-hybridized carbons (Fsp3) is 0.500. The molecule has 0 amide bonds. The molecule has 1 heteroatoms. The minimum absolute atomic E-state index is 0.942. The van der Waals surface area contributed by atoms with Crippen LogP contribution in [-0.4, -0.2) is 4.98 Å². The number of benzene rings is 1. The molecule has 1 nitrogen and oxygen atoms in total. The van der Waals surface area contributed by atoms with Gasteiger partial charge in [-0.05, 0) is 36.3 Å². The number of hydrogen-bond acceptors (Lipinski definition) is 1. The monoisotopic (exact) mass is 307 g/mol. The van der Waals surface area contributed by atoms with E-state index in [1.165, 1.54) is 62.5 Å². The van der Waals surface area contributed by atoms with Crippen molar-refractivity contribution in [3.8, 4) is 11.3 Å². The quantitative estimate of drug-likeness (QED) is 0.611. The van der Waals surface area contributed by atoms with Gasteiger partial charge >= 0.3 is 0 Å². The number of pyridine rings is 1. The van der Waals surface area contributed by atoms with Crippen molar-refractivity contribution >= 4 is 0 Å². The third-order valence-corrected chi connectivity index (χ3v) is 5.40. The van der Waals surface area contributed by atoms with Crippen LogP contribution in [0.4, 0.5) is 0 Å². The Labute approximate surface area is 141 Å². The van der Waals surface area contributed by atoms with E-state index in [-0.39, 0.29) is 0 Å². The number of hydrogen-bond donors (Lipinski definition) is 0. The summed E-state index contributed by atoms with van der Waals surface area (Å²) in [7, 11) is 0. The van der Waals surface area contributed by atoms with Crippen LogP contribution in [-0.2, 0) is 6.42 Å². The van der Waals surface area contributed by atoms with E-state index in [2.05, 4.69) is 54.5 Å². The number of nitrogens with zero attached hydrogens (tertiary/aromatic N) is 1. The topological polar surface area (TPSA) is 12.9 Å². The van der Waals surface area contributed by atoms with Crippen LogP contribution in [0.15, 0.2) is 48.7 Å². The summed E-state index contributed by atoms with van der Waals surface area (Å²) in [4.78, 5) is 4.65. The van der Waals surface area contributed by atoms with Crippen LogP contribution in [0.25, 0.3) is 11.3 Å². The van der Waals surface area contributed by atoms with Gasteiger partial charge in [-0.25, -0.2) is 0 Å². The van der Waals surface area contributed by atoms with Crippen molar-refractivity contribution in [2.45, 2.75) is 58.3 Å². The average Bonchev–Trinajstić information content (AvgIpc) is 2.63. The molecule has 1 aliphatic carbocycles. The molecular formula is C22H29N. The molecule has 0 radical (unpaired) electrons. The molecule has 1 fully saturated rings. The summed E-state index contributed by atoms with van der Waals surface area (Å²) in [6.07, 6.45) is 13.2. The summed E-state index contributed by atoms with van der Waals surface area (Å²) < 4.78 is 0. The fourth-order valence-corrected chi connectivity index (χ4v) is 3.94. The Morgan fingerprint density at radius 1 is 0.870 bits per heavy atom. The Hall–Kier alpha value is -1.63. The Morgan fingerprint density at radius 2 is 1.57 bits per heavy atom. The second kappa shape index (κ2) is 8.29. The SMILES string of the molecule is CCCC1CCC(CCc2ccc(-c3ccccc3)nc2)CC1. The smallest absolute Gasteiger partial charge is 0.0702 e. The van der Waals surface area contributed by atoms with E-state index >= 15 is 0 Å². The van der Waals surface area contributed by atoms with Gasteiger partial charge in [-0.3, -0.25) is 4.98 Å². The Morgan fingerprint density at radius 3 is 2.17 bits per heavy atom. The zero-order valence-corrected chi connectivity index (χ0v) is 14.4. The zero-order valence-electron chi connectivity index (χ0n) is 14.4. The van der Waals surface area contributed by atoms with E-state index in [9.17, 15) is 0 Å². The van der Waals surface area contributed by atoms with Gasteiger partial charge < -0.3 is 0 Å². The third kappa shape index (κ3) is 4.67. The van der Waals surface area contributed by atoms with Gasteiger partial charge in [0.15, 0.2) is 0 Å². The lowest BCUT2D eigenvalue weighted by atomic mass is 9.78. The van der Waals surface area contributed by atoms with Crippen molar-refractivity contribution in [2.24, 2.45) is 11.8 Å². The highest BCUT2D eigenvalue weighted by Crippen LogP contribution is 2.33. The Kier molecular flexibility index (Phi) is 5.85. The van der Waals surface area contributed by atoms with Crippen LogP contribution >= 0.6 is 0 Å². The average molecular weight is 307 g/mol. The van der Waals surface area contributed by atoms with Crippen molar-refractivity contribution in [1.82, 2.24) is 4.98 Å². The van der Waals surface area contributed by atoms with Gasteiger partial charge in [-0.1, -0.05) is 81.8 Å². The lowest BCUT2D eigenvalue weighted by Crippen LogP contribution is -2.15. The molecule has 23 heavy (non-hydrogen) atoms. The van der Waals surface area contributed by atoms with Crippen LogP contribution in [0.1, 0.15) is 57.4 Å². The standard InChI is InChI=1S/C22H29N/c1-2-6-18-9-11-19(12-10-18)13-14-20-15-16-22(23-17-20)21-7-4-3-5-8-21/h3-5,7-8,15-19H,2,6,9-14H2,1H3. The normalized spacial score (nSPS) is 21.3. The van der Waals surface area contributed by atoms with E-state index in [1.807, 2.05) is 6.07 Å². The molecule has 122 valence electrons. The molecule has 0 atom stereocenters. The lowest BCUT2D eigenvalue weighted by molar-refractivity contribution is 0.252. The largest absolute Gasteiger partial charge is 0.256 e. The molecule has 1 aromatic carbocycles. The van der Waals surface area contributed by atoms with E-state index in [4.69, 9.17) is 0 Å².